The van der Waals surface area contributed by atoms with Gasteiger partial charge in [0.25, 0.3) is 0 Å². The maximum absolute atomic E-state index is 11.6. The highest BCUT2D eigenvalue weighted by molar-refractivity contribution is 6.42. The van der Waals surface area contributed by atoms with Crippen molar-refractivity contribution in [2.24, 2.45) is 0 Å². The fourth-order valence-electron chi connectivity index (χ4n) is 1.39. The molecule has 1 aromatic carbocycles. The van der Waals surface area contributed by atoms with Crippen LogP contribution in [-0.4, -0.2) is 23.8 Å². The molecule has 0 spiro atoms. The smallest absolute Gasteiger partial charge is 0.327 e. The summed E-state index contributed by atoms with van der Waals surface area (Å²) in [5, 5.41) is 3.12. The normalized spacial score (nSPS) is 10.1. The third-order valence-electron chi connectivity index (χ3n) is 2.29. The van der Waals surface area contributed by atoms with Crippen LogP contribution in [0.3, 0.4) is 0 Å². The molecule has 1 rings (SSSR count). The Hall–Kier alpha value is -1.79. The second-order valence-electron chi connectivity index (χ2n) is 4.56. The molecule has 0 unspecified atom stereocenters. The zero-order valence-electron chi connectivity index (χ0n) is 11.5. The Morgan fingerprint density at radius 1 is 1.05 bits per heavy atom. The number of carbonyl (C=O) groups is 3. The number of benzene rings is 1. The summed E-state index contributed by atoms with van der Waals surface area (Å²) in [6.45, 7) is 3.43. The van der Waals surface area contributed by atoms with Crippen molar-refractivity contribution in [3.05, 3.63) is 33.8 Å². The molecule has 0 aliphatic rings. The van der Waals surface area contributed by atoms with Gasteiger partial charge in [-0.2, -0.15) is 0 Å². The maximum atomic E-state index is 11.6. The first kappa shape index (κ1) is 17.3. The molecule has 0 saturated heterocycles. The molecule has 0 aliphatic carbocycles. The predicted octanol–water partition coefficient (Wildman–Crippen LogP) is 1.21. The Kier molecular flexibility index (Phi) is 6.45. The summed E-state index contributed by atoms with van der Waals surface area (Å²) in [6.07, 6.45) is -0.0109. The average molecular weight is 332 g/mol. The van der Waals surface area contributed by atoms with Crippen LogP contribution in [0, 0.1) is 0 Å². The number of hydrogen-bond donors (Lipinski definition) is 3. The molecule has 0 aliphatic heterocycles. The Balaban J connectivity index is 2.45. The number of carbonyl (C=O) groups excluding carboxylic acids is 3. The van der Waals surface area contributed by atoms with Gasteiger partial charge in [0, 0.05) is 6.04 Å². The van der Waals surface area contributed by atoms with Crippen molar-refractivity contribution >= 4 is 40.9 Å². The summed E-state index contributed by atoms with van der Waals surface area (Å²) in [5.74, 6) is -2.25. The Morgan fingerprint density at radius 2 is 1.71 bits per heavy atom. The fourth-order valence-corrected chi connectivity index (χ4v) is 1.71. The Morgan fingerprint density at radius 3 is 2.29 bits per heavy atom. The Labute approximate surface area is 132 Å². The molecule has 114 valence electrons. The van der Waals surface area contributed by atoms with E-state index in [4.69, 9.17) is 23.2 Å². The Bertz CT molecular complexity index is 562. The van der Waals surface area contributed by atoms with Gasteiger partial charge in [-0.25, -0.2) is 0 Å². The van der Waals surface area contributed by atoms with Crippen molar-refractivity contribution in [3.63, 3.8) is 0 Å². The standard InChI is InChI=1S/C13H15Cl2N3O3/c1-7(2)16-12(20)13(21)18-17-11(19)6-8-3-4-9(14)10(15)5-8/h3-5,7H,6H2,1-2H3,(H,16,20)(H,17,19)(H,18,21). The molecule has 0 aromatic heterocycles. The number of rotatable bonds is 3. The molecule has 6 nitrogen and oxygen atoms in total. The van der Waals surface area contributed by atoms with Crippen molar-refractivity contribution in [3.8, 4) is 0 Å². The van der Waals surface area contributed by atoms with Crippen molar-refractivity contribution in [2.45, 2.75) is 26.3 Å². The van der Waals surface area contributed by atoms with Crippen LogP contribution in [-0.2, 0) is 20.8 Å². The van der Waals surface area contributed by atoms with E-state index >= 15 is 0 Å². The van der Waals surface area contributed by atoms with Crippen molar-refractivity contribution in [1.29, 1.82) is 0 Å². The van der Waals surface area contributed by atoms with Gasteiger partial charge in [0.15, 0.2) is 0 Å². The maximum Gasteiger partial charge on any atom is 0.327 e. The lowest BCUT2D eigenvalue weighted by Gasteiger charge is -2.10. The summed E-state index contributed by atoms with van der Waals surface area (Å²) in [7, 11) is 0. The van der Waals surface area contributed by atoms with Crippen LogP contribution < -0.4 is 16.2 Å². The van der Waals surface area contributed by atoms with Crippen LogP contribution in [0.25, 0.3) is 0 Å². The first-order chi connectivity index (χ1) is 9.79. The topological polar surface area (TPSA) is 87.3 Å². The van der Waals surface area contributed by atoms with E-state index in [9.17, 15) is 14.4 Å². The third-order valence-corrected chi connectivity index (χ3v) is 3.03. The van der Waals surface area contributed by atoms with Gasteiger partial charge in [-0.1, -0.05) is 29.3 Å². The molecule has 0 atom stereocenters. The SMILES string of the molecule is CC(C)NC(=O)C(=O)NNC(=O)Cc1ccc(Cl)c(Cl)c1. The van der Waals surface area contributed by atoms with Crippen LogP contribution in [0.1, 0.15) is 19.4 Å². The summed E-state index contributed by atoms with van der Waals surface area (Å²) in [5.41, 5.74) is 4.80. The lowest BCUT2D eigenvalue weighted by molar-refractivity contribution is -0.141. The number of hydrogen-bond acceptors (Lipinski definition) is 3. The van der Waals surface area contributed by atoms with Gasteiger partial charge in [0.2, 0.25) is 5.91 Å². The summed E-state index contributed by atoms with van der Waals surface area (Å²) in [4.78, 5) is 34.3. The van der Waals surface area contributed by atoms with E-state index in [2.05, 4.69) is 10.7 Å². The molecule has 0 saturated carbocycles. The highest BCUT2D eigenvalue weighted by atomic mass is 35.5. The molecular formula is C13H15Cl2N3O3. The van der Waals surface area contributed by atoms with E-state index < -0.39 is 17.7 Å². The molecule has 0 fully saturated rings. The van der Waals surface area contributed by atoms with Crippen molar-refractivity contribution in [2.75, 3.05) is 0 Å². The highest BCUT2D eigenvalue weighted by Gasteiger charge is 2.15. The van der Waals surface area contributed by atoms with Gasteiger partial charge in [-0.15, -0.1) is 0 Å². The molecule has 0 bridgehead atoms. The molecular weight excluding hydrogens is 317 g/mol. The number of halogens is 2. The van der Waals surface area contributed by atoms with E-state index in [1.54, 1.807) is 32.0 Å². The van der Waals surface area contributed by atoms with Gasteiger partial charge < -0.3 is 5.32 Å². The van der Waals surface area contributed by atoms with Crippen LogP contribution in [0.2, 0.25) is 10.0 Å². The van der Waals surface area contributed by atoms with Crippen LogP contribution in [0.5, 0.6) is 0 Å². The first-order valence-corrected chi connectivity index (χ1v) is 6.88. The van der Waals surface area contributed by atoms with Crippen molar-refractivity contribution in [1.82, 2.24) is 16.2 Å². The van der Waals surface area contributed by atoms with Gasteiger partial charge in [0.05, 0.1) is 16.5 Å². The van der Waals surface area contributed by atoms with E-state index in [1.165, 1.54) is 0 Å². The molecule has 3 N–H and O–H groups in total. The first-order valence-electron chi connectivity index (χ1n) is 6.13. The van der Waals surface area contributed by atoms with Crippen molar-refractivity contribution < 1.29 is 14.4 Å². The second-order valence-corrected chi connectivity index (χ2v) is 5.37. The number of nitrogens with one attached hydrogen (secondary N) is 3. The zero-order valence-corrected chi connectivity index (χ0v) is 13.0. The fraction of sp³-hybridized carbons (Fsp3) is 0.308. The average Bonchev–Trinajstić information content (AvgIpc) is 2.39. The summed E-state index contributed by atoms with van der Waals surface area (Å²) < 4.78 is 0. The van der Waals surface area contributed by atoms with Gasteiger partial charge >= 0.3 is 11.8 Å². The van der Waals surface area contributed by atoms with Gasteiger partial charge in [-0.3, -0.25) is 25.2 Å². The molecule has 1 aromatic rings. The molecule has 3 amide bonds. The van der Waals surface area contributed by atoms with Gasteiger partial charge in [0.1, 0.15) is 0 Å². The summed E-state index contributed by atoms with van der Waals surface area (Å²) in [6, 6.07) is 4.59. The van der Waals surface area contributed by atoms with Crippen LogP contribution >= 0.6 is 23.2 Å². The quantitative estimate of drug-likeness (QED) is 0.574. The van der Waals surface area contributed by atoms with E-state index in [-0.39, 0.29) is 12.5 Å². The molecule has 0 radical (unpaired) electrons. The lowest BCUT2D eigenvalue weighted by atomic mass is 10.1. The summed E-state index contributed by atoms with van der Waals surface area (Å²) >= 11 is 11.6. The monoisotopic (exact) mass is 331 g/mol. The van der Waals surface area contributed by atoms with E-state index in [0.717, 1.165) is 0 Å². The largest absolute Gasteiger partial charge is 0.346 e. The van der Waals surface area contributed by atoms with E-state index in [1.807, 2.05) is 5.43 Å². The van der Waals surface area contributed by atoms with Gasteiger partial charge in [-0.05, 0) is 31.5 Å². The minimum atomic E-state index is -0.939. The molecule has 0 heterocycles. The predicted molar refractivity (Wildman–Crippen MR) is 79.7 cm³/mol. The highest BCUT2D eigenvalue weighted by Crippen LogP contribution is 2.22. The minimum Gasteiger partial charge on any atom is -0.346 e. The molecule has 21 heavy (non-hydrogen) atoms. The zero-order chi connectivity index (χ0) is 16.0. The number of amides is 3. The van der Waals surface area contributed by atoms with Crippen LogP contribution in [0.4, 0.5) is 0 Å². The minimum absolute atomic E-state index is 0.0109. The third kappa shape index (κ3) is 6.01. The van der Waals surface area contributed by atoms with E-state index in [0.29, 0.717) is 15.6 Å². The second kappa shape index (κ2) is 7.85. The number of hydrazine groups is 1. The molecule has 8 heteroatoms. The lowest BCUT2D eigenvalue weighted by Crippen LogP contribution is -2.50. The van der Waals surface area contributed by atoms with Crippen LogP contribution in [0.15, 0.2) is 18.2 Å².